The molecule has 0 spiro atoms. The van der Waals surface area contributed by atoms with E-state index in [0.717, 1.165) is 31.6 Å². The average Bonchev–Trinajstić information content (AvgIpc) is 2.89. The van der Waals surface area contributed by atoms with Crippen LogP contribution >= 0.6 is 0 Å². The van der Waals surface area contributed by atoms with E-state index in [9.17, 15) is 0 Å². The number of hydrogen-bond donors (Lipinski definition) is 1. The van der Waals surface area contributed by atoms with Crippen molar-refractivity contribution in [2.75, 3.05) is 19.8 Å². The van der Waals surface area contributed by atoms with Crippen LogP contribution in [0.15, 0.2) is 24.3 Å². The Kier molecular flexibility index (Phi) is 4.19. The third kappa shape index (κ3) is 2.85. The van der Waals surface area contributed by atoms with Gasteiger partial charge >= 0.3 is 0 Å². The van der Waals surface area contributed by atoms with Crippen LogP contribution in [-0.4, -0.2) is 25.8 Å². The first kappa shape index (κ1) is 13.1. The predicted molar refractivity (Wildman–Crippen MR) is 78.3 cm³/mol. The van der Waals surface area contributed by atoms with Crippen molar-refractivity contribution >= 4 is 0 Å². The first-order valence-corrected chi connectivity index (χ1v) is 7.76. The molecule has 0 aromatic heterocycles. The molecule has 19 heavy (non-hydrogen) atoms. The van der Waals surface area contributed by atoms with Crippen LogP contribution in [0.3, 0.4) is 0 Å². The molecule has 0 radical (unpaired) electrons. The van der Waals surface area contributed by atoms with Crippen LogP contribution in [0.4, 0.5) is 0 Å². The first-order valence-electron chi connectivity index (χ1n) is 7.76. The Morgan fingerprint density at radius 3 is 2.32 bits per heavy atom. The summed E-state index contributed by atoms with van der Waals surface area (Å²) in [7, 11) is 0. The molecule has 1 fully saturated rings. The molecule has 1 aliphatic heterocycles. The largest absolute Gasteiger partial charge is 0.381 e. The number of ether oxygens (including phenoxy) is 1. The minimum atomic E-state index is 0.668. The van der Waals surface area contributed by atoms with Crippen molar-refractivity contribution < 1.29 is 4.74 Å². The number of rotatable bonds is 4. The zero-order valence-electron chi connectivity index (χ0n) is 11.9. The average molecular weight is 259 g/mol. The van der Waals surface area contributed by atoms with Gasteiger partial charge in [0.25, 0.3) is 0 Å². The highest BCUT2D eigenvalue weighted by atomic mass is 16.5. The van der Waals surface area contributed by atoms with Gasteiger partial charge in [0, 0.05) is 19.3 Å². The van der Waals surface area contributed by atoms with Crippen molar-refractivity contribution in [3.05, 3.63) is 35.4 Å². The van der Waals surface area contributed by atoms with Crippen LogP contribution < -0.4 is 5.32 Å². The molecule has 1 heterocycles. The summed E-state index contributed by atoms with van der Waals surface area (Å²) >= 11 is 0. The topological polar surface area (TPSA) is 21.3 Å². The number of fused-ring (bicyclic) bond motifs is 1. The Morgan fingerprint density at radius 2 is 1.74 bits per heavy atom. The van der Waals surface area contributed by atoms with Gasteiger partial charge < -0.3 is 10.1 Å². The van der Waals surface area contributed by atoms with Crippen molar-refractivity contribution in [3.63, 3.8) is 0 Å². The molecule has 3 rings (SSSR count). The zero-order valence-corrected chi connectivity index (χ0v) is 11.9. The third-order valence-electron chi connectivity index (χ3n) is 4.80. The maximum atomic E-state index is 5.52. The first-order chi connectivity index (χ1) is 9.38. The van der Waals surface area contributed by atoms with Gasteiger partial charge in [0.1, 0.15) is 0 Å². The molecule has 104 valence electrons. The molecule has 1 saturated heterocycles. The summed E-state index contributed by atoms with van der Waals surface area (Å²) < 4.78 is 5.52. The minimum absolute atomic E-state index is 0.668. The Bertz CT molecular complexity index is 386. The lowest BCUT2D eigenvalue weighted by Gasteiger charge is -2.35. The molecule has 2 heteroatoms. The molecule has 0 saturated carbocycles. The molecule has 1 aliphatic carbocycles. The molecule has 1 unspecified atom stereocenters. The third-order valence-corrected chi connectivity index (χ3v) is 4.80. The van der Waals surface area contributed by atoms with Crippen LogP contribution in [0.25, 0.3) is 0 Å². The van der Waals surface area contributed by atoms with Crippen molar-refractivity contribution in [2.45, 2.75) is 38.6 Å². The second-order valence-corrected chi connectivity index (χ2v) is 5.97. The zero-order chi connectivity index (χ0) is 13.1. The number of nitrogens with one attached hydrogen (secondary N) is 1. The Morgan fingerprint density at radius 1 is 1.11 bits per heavy atom. The summed E-state index contributed by atoms with van der Waals surface area (Å²) in [6.07, 6.45) is 4.96. The van der Waals surface area contributed by atoms with E-state index >= 15 is 0 Å². The monoisotopic (exact) mass is 259 g/mol. The van der Waals surface area contributed by atoms with Crippen LogP contribution in [0.5, 0.6) is 0 Å². The van der Waals surface area contributed by atoms with Gasteiger partial charge in [0.2, 0.25) is 0 Å². The molecule has 0 amide bonds. The maximum Gasteiger partial charge on any atom is 0.0469 e. The fourth-order valence-corrected chi connectivity index (χ4v) is 3.88. The van der Waals surface area contributed by atoms with Crippen LogP contribution in [0, 0.1) is 11.8 Å². The van der Waals surface area contributed by atoms with Gasteiger partial charge in [0.05, 0.1) is 0 Å². The molecule has 0 bridgehead atoms. The highest BCUT2D eigenvalue weighted by Gasteiger charge is 2.33. The van der Waals surface area contributed by atoms with Crippen molar-refractivity contribution in [1.82, 2.24) is 5.32 Å². The molecular formula is C17H25NO. The summed E-state index contributed by atoms with van der Waals surface area (Å²) in [5.41, 5.74) is 3.14. The SMILES string of the molecule is CCNC(C1CCOCC1)C1Cc2ccccc2C1. The van der Waals surface area contributed by atoms with Gasteiger partial charge in [-0.1, -0.05) is 31.2 Å². The molecule has 1 aromatic rings. The van der Waals surface area contributed by atoms with Gasteiger partial charge in [-0.05, 0) is 55.2 Å². The van der Waals surface area contributed by atoms with Gasteiger partial charge in [-0.2, -0.15) is 0 Å². The standard InChI is InChI=1S/C17H25NO/c1-2-18-17(13-7-9-19-10-8-13)16-11-14-5-3-4-6-15(14)12-16/h3-6,13,16-18H,2,7-12H2,1H3. The van der Waals surface area contributed by atoms with Crippen molar-refractivity contribution in [3.8, 4) is 0 Å². The highest BCUT2D eigenvalue weighted by Crippen LogP contribution is 2.33. The van der Waals surface area contributed by atoms with Crippen LogP contribution in [0.1, 0.15) is 30.9 Å². The summed E-state index contributed by atoms with van der Waals surface area (Å²) in [6.45, 7) is 5.21. The van der Waals surface area contributed by atoms with E-state index in [1.165, 1.54) is 25.7 Å². The molecule has 1 N–H and O–H groups in total. The highest BCUT2D eigenvalue weighted by molar-refractivity contribution is 5.32. The summed E-state index contributed by atoms with van der Waals surface area (Å²) in [5.74, 6) is 1.58. The lowest BCUT2D eigenvalue weighted by molar-refractivity contribution is 0.0454. The van der Waals surface area contributed by atoms with E-state index in [4.69, 9.17) is 4.74 Å². The smallest absolute Gasteiger partial charge is 0.0469 e. The summed E-state index contributed by atoms with van der Waals surface area (Å²) in [5, 5.41) is 3.77. The lowest BCUT2D eigenvalue weighted by atomic mass is 9.82. The van der Waals surface area contributed by atoms with Gasteiger partial charge in [-0.3, -0.25) is 0 Å². The lowest BCUT2D eigenvalue weighted by Crippen LogP contribution is -2.44. The number of hydrogen-bond acceptors (Lipinski definition) is 2. The van der Waals surface area contributed by atoms with E-state index in [-0.39, 0.29) is 0 Å². The molecule has 1 aromatic carbocycles. The molecule has 2 nitrogen and oxygen atoms in total. The molecule has 2 aliphatic rings. The van der Waals surface area contributed by atoms with Crippen molar-refractivity contribution in [1.29, 1.82) is 0 Å². The fourth-order valence-electron chi connectivity index (χ4n) is 3.88. The minimum Gasteiger partial charge on any atom is -0.381 e. The predicted octanol–water partition coefficient (Wildman–Crippen LogP) is 2.81. The normalized spacial score (nSPS) is 22.4. The van der Waals surface area contributed by atoms with Gasteiger partial charge in [-0.15, -0.1) is 0 Å². The maximum absolute atomic E-state index is 5.52. The summed E-state index contributed by atoms with van der Waals surface area (Å²) in [6, 6.07) is 9.64. The van der Waals surface area contributed by atoms with Gasteiger partial charge in [0.15, 0.2) is 0 Å². The van der Waals surface area contributed by atoms with E-state index in [1.54, 1.807) is 11.1 Å². The van der Waals surface area contributed by atoms with Crippen LogP contribution in [0.2, 0.25) is 0 Å². The fraction of sp³-hybridized carbons (Fsp3) is 0.647. The van der Waals surface area contributed by atoms with E-state index in [0.29, 0.717) is 6.04 Å². The Hall–Kier alpha value is -0.860. The Balaban J connectivity index is 1.71. The second kappa shape index (κ2) is 6.06. The number of benzene rings is 1. The Labute approximate surface area is 116 Å². The quantitative estimate of drug-likeness (QED) is 0.898. The van der Waals surface area contributed by atoms with E-state index < -0.39 is 0 Å². The molecule has 1 atom stereocenters. The second-order valence-electron chi connectivity index (χ2n) is 5.97. The van der Waals surface area contributed by atoms with E-state index in [1.807, 2.05) is 0 Å². The van der Waals surface area contributed by atoms with E-state index in [2.05, 4.69) is 36.5 Å². The van der Waals surface area contributed by atoms with Crippen LogP contribution in [-0.2, 0) is 17.6 Å². The summed E-state index contributed by atoms with van der Waals surface area (Å²) in [4.78, 5) is 0. The molecular weight excluding hydrogens is 234 g/mol. The van der Waals surface area contributed by atoms with Crippen molar-refractivity contribution in [2.24, 2.45) is 11.8 Å². The van der Waals surface area contributed by atoms with Gasteiger partial charge in [-0.25, -0.2) is 0 Å².